The predicted octanol–water partition coefficient (Wildman–Crippen LogP) is 2.37. The molecule has 98 valence electrons. The molecule has 3 heterocycles. The van der Waals surface area contributed by atoms with Crippen LogP contribution in [-0.2, 0) is 11.2 Å². The summed E-state index contributed by atoms with van der Waals surface area (Å²) in [5, 5.41) is 7.58. The van der Waals surface area contributed by atoms with Crippen molar-refractivity contribution in [3.05, 3.63) is 42.0 Å². The minimum absolute atomic E-state index is 0.146. The highest BCUT2D eigenvalue weighted by atomic mass is 32.2. The maximum atomic E-state index is 5.46. The highest BCUT2D eigenvalue weighted by Gasteiger charge is 2.55. The molecule has 1 saturated carbocycles. The van der Waals surface area contributed by atoms with Crippen LogP contribution in [0.2, 0.25) is 0 Å². The Morgan fingerprint density at radius 2 is 2.16 bits per heavy atom. The maximum Gasteiger partial charge on any atom is 0.234 e. The van der Waals surface area contributed by atoms with E-state index in [1.165, 1.54) is 4.90 Å². The van der Waals surface area contributed by atoms with Gasteiger partial charge in [0.1, 0.15) is 0 Å². The minimum atomic E-state index is 0.146. The van der Waals surface area contributed by atoms with Crippen LogP contribution in [0, 0.1) is 0 Å². The number of thioether (sulfide) groups is 1. The molecule has 0 unspecified atom stereocenters. The number of rotatable bonds is 4. The van der Waals surface area contributed by atoms with Crippen molar-refractivity contribution in [3.8, 4) is 0 Å². The summed E-state index contributed by atoms with van der Waals surface area (Å²) in [6, 6.07) is 11.0. The number of aromatic nitrogens is 2. The third-order valence-electron chi connectivity index (χ3n) is 4.04. The van der Waals surface area contributed by atoms with E-state index in [0.717, 1.165) is 36.9 Å². The van der Waals surface area contributed by atoms with Gasteiger partial charge in [-0.1, -0.05) is 23.4 Å². The largest absolute Gasteiger partial charge is 0.339 e. The number of nitrogens with zero attached hydrogens (tertiary/aromatic N) is 2. The fourth-order valence-corrected chi connectivity index (χ4v) is 3.72. The van der Waals surface area contributed by atoms with Gasteiger partial charge >= 0.3 is 0 Å². The molecule has 1 aromatic heterocycles. The van der Waals surface area contributed by atoms with Crippen LogP contribution in [0.5, 0.6) is 0 Å². The minimum Gasteiger partial charge on any atom is -0.339 e. The van der Waals surface area contributed by atoms with Gasteiger partial charge in [-0.3, -0.25) is 0 Å². The van der Waals surface area contributed by atoms with Crippen LogP contribution in [0.25, 0.3) is 0 Å². The Morgan fingerprint density at radius 1 is 1.32 bits per heavy atom. The van der Waals surface area contributed by atoms with Crippen LogP contribution >= 0.6 is 11.8 Å². The predicted molar refractivity (Wildman–Crippen MR) is 73.0 cm³/mol. The third-order valence-corrected chi connectivity index (χ3v) is 5.04. The van der Waals surface area contributed by atoms with Crippen molar-refractivity contribution in [1.82, 2.24) is 15.5 Å². The second-order valence-corrected chi connectivity index (χ2v) is 6.43. The van der Waals surface area contributed by atoms with Crippen molar-refractivity contribution in [2.75, 3.05) is 6.54 Å². The van der Waals surface area contributed by atoms with Crippen molar-refractivity contribution in [2.45, 2.75) is 34.9 Å². The molecule has 0 amide bonds. The first-order valence-electron chi connectivity index (χ1n) is 6.58. The first kappa shape index (κ1) is 11.5. The lowest BCUT2D eigenvalue weighted by Gasteiger charge is -2.32. The summed E-state index contributed by atoms with van der Waals surface area (Å²) in [6.07, 6.45) is 2.31. The molecule has 4 nitrogen and oxygen atoms in total. The topological polar surface area (TPSA) is 51.0 Å². The second kappa shape index (κ2) is 4.35. The lowest BCUT2D eigenvalue weighted by atomic mass is 9.70. The highest BCUT2D eigenvalue weighted by Crippen LogP contribution is 2.47. The van der Waals surface area contributed by atoms with Crippen molar-refractivity contribution in [1.29, 1.82) is 0 Å². The first-order chi connectivity index (χ1) is 9.34. The molecule has 2 saturated heterocycles. The van der Waals surface area contributed by atoms with E-state index in [4.69, 9.17) is 4.52 Å². The molecule has 1 aliphatic carbocycles. The van der Waals surface area contributed by atoms with Gasteiger partial charge < -0.3 is 9.84 Å². The Kier molecular flexibility index (Phi) is 2.63. The van der Waals surface area contributed by atoms with Crippen LogP contribution in [0.3, 0.4) is 0 Å². The normalized spacial score (nSPS) is 28.3. The second-order valence-electron chi connectivity index (χ2n) is 5.38. The quantitative estimate of drug-likeness (QED) is 0.867. The Morgan fingerprint density at radius 3 is 2.89 bits per heavy atom. The molecule has 2 bridgehead atoms. The van der Waals surface area contributed by atoms with E-state index < -0.39 is 0 Å². The SMILES string of the molecule is c1ccc(SCc2noc(C34CNC(C3)C4)n2)cc1. The molecule has 2 aliphatic heterocycles. The molecule has 3 fully saturated rings. The van der Waals surface area contributed by atoms with Gasteiger partial charge in [-0.25, -0.2) is 0 Å². The molecule has 5 rings (SSSR count). The zero-order valence-electron chi connectivity index (χ0n) is 10.5. The number of fused-ring (bicyclic) bond motifs is 1. The number of benzene rings is 1. The summed E-state index contributed by atoms with van der Waals surface area (Å²) in [5.74, 6) is 2.39. The summed E-state index contributed by atoms with van der Waals surface area (Å²) in [5.41, 5.74) is 0.146. The molecule has 5 heteroatoms. The molecule has 0 spiro atoms. The van der Waals surface area contributed by atoms with Crippen LogP contribution in [0.15, 0.2) is 39.8 Å². The highest BCUT2D eigenvalue weighted by molar-refractivity contribution is 7.98. The summed E-state index contributed by atoms with van der Waals surface area (Å²) in [6.45, 7) is 0.991. The van der Waals surface area contributed by atoms with Crippen LogP contribution < -0.4 is 5.32 Å². The van der Waals surface area contributed by atoms with E-state index in [-0.39, 0.29) is 5.41 Å². The van der Waals surface area contributed by atoms with E-state index in [1.807, 2.05) is 18.2 Å². The lowest BCUT2D eigenvalue weighted by molar-refractivity contribution is 0.219. The lowest BCUT2D eigenvalue weighted by Crippen LogP contribution is -2.37. The number of hydrogen-bond acceptors (Lipinski definition) is 5. The summed E-state index contributed by atoms with van der Waals surface area (Å²) >= 11 is 1.74. The van der Waals surface area contributed by atoms with E-state index >= 15 is 0 Å². The molecule has 0 radical (unpaired) electrons. The fraction of sp³-hybridized carbons (Fsp3) is 0.429. The molecular formula is C14H15N3OS. The standard InChI is InChI=1S/C14H15N3OS/c1-2-4-11(5-3-1)19-8-12-16-13(18-17-12)14-6-10(7-14)15-9-14/h1-5,10,15H,6-9H2. The van der Waals surface area contributed by atoms with Gasteiger partial charge in [0.2, 0.25) is 5.89 Å². The van der Waals surface area contributed by atoms with Gasteiger partial charge in [0.25, 0.3) is 0 Å². The first-order valence-corrected chi connectivity index (χ1v) is 7.57. The average Bonchev–Trinajstić information content (AvgIpc) is 3.11. The average molecular weight is 273 g/mol. The van der Waals surface area contributed by atoms with Crippen molar-refractivity contribution in [3.63, 3.8) is 0 Å². The summed E-state index contributed by atoms with van der Waals surface area (Å²) in [7, 11) is 0. The number of hydrogen-bond donors (Lipinski definition) is 1. The van der Waals surface area contributed by atoms with Crippen LogP contribution in [0.4, 0.5) is 0 Å². The van der Waals surface area contributed by atoms with Crippen LogP contribution in [0.1, 0.15) is 24.6 Å². The van der Waals surface area contributed by atoms with E-state index in [0.29, 0.717) is 6.04 Å². The Balaban J connectivity index is 1.44. The van der Waals surface area contributed by atoms with Gasteiger partial charge in [0, 0.05) is 17.5 Å². The van der Waals surface area contributed by atoms with Gasteiger partial charge in [-0.2, -0.15) is 4.98 Å². The molecule has 19 heavy (non-hydrogen) atoms. The zero-order chi connectivity index (χ0) is 12.7. The molecule has 2 aromatic rings. The van der Waals surface area contributed by atoms with E-state index in [2.05, 4.69) is 27.6 Å². The van der Waals surface area contributed by atoms with Crippen molar-refractivity contribution < 1.29 is 4.52 Å². The summed E-state index contributed by atoms with van der Waals surface area (Å²) < 4.78 is 5.46. The monoisotopic (exact) mass is 273 g/mol. The van der Waals surface area contributed by atoms with Crippen LogP contribution in [-0.4, -0.2) is 22.7 Å². The van der Waals surface area contributed by atoms with Gasteiger partial charge in [-0.15, -0.1) is 11.8 Å². The Bertz CT molecular complexity index is 572. The number of nitrogens with one attached hydrogen (secondary N) is 1. The molecule has 3 aliphatic rings. The molecule has 1 aromatic carbocycles. The molecule has 0 atom stereocenters. The van der Waals surface area contributed by atoms with E-state index in [1.54, 1.807) is 11.8 Å². The molecule has 1 N–H and O–H groups in total. The Labute approximate surface area is 116 Å². The van der Waals surface area contributed by atoms with Crippen molar-refractivity contribution in [2.24, 2.45) is 0 Å². The zero-order valence-corrected chi connectivity index (χ0v) is 11.3. The fourth-order valence-electron chi connectivity index (χ4n) is 2.95. The van der Waals surface area contributed by atoms with Gasteiger partial charge in [-0.05, 0) is 25.0 Å². The molecular weight excluding hydrogens is 258 g/mol. The summed E-state index contributed by atoms with van der Waals surface area (Å²) in [4.78, 5) is 5.81. The smallest absolute Gasteiger partial charge is 0.234 e. The van der Waals surface area contributed by atoms with E-state index in [9.17, 15) is 0 Å². The third kappa shape index (κ3) is 1.97. The van der Waals surface area contributed by atoms with Gasteiger partial charge in [0.15, 0.2) is 5.82 Å². The van der Waals surface area contributed by atoms with Gasteiger partial charge in [0.05, 0.1) is 11.2 Å². The van der Waals surface area contributed by atoms with Crippen molar-refractivity contribution >= 4 is 11.8 Å². The Hall–Kier alpha value is -1.33. The maximum absolute atomic E-state index is 5.46.